The highest BCUT2D eigenvalue weighted by Gasteiger charge is 2.47. The first-order chi connectivity index (χ1) is 7.74. The van der Waals surface area contributed by atoms with Gasteiger partial charge in [-0.3, -0.25) is 4.90 Å². The molecular formula is C14H17NO. The summed E-state index contributed by atoms with van der Waals surface area (Å²) in [5, 5.41) is 9.27. The first kappa shape index (κ1) is 11.0. The van der Waals surface area contributed by atoms with Gasteiger partial charge in [-0.25, -0.2) is 0 Å². The lowest BCUT2D eigenvalue weighted by molar-refractivity contribution is 0.379. The molecule has 0 aromatic heterocycles. The van der Waals surface area contributed by atoms with Crippen LogP contribution in [-0.2, 0) is 0 Å². The fraction of sp³-hybridized carbons (Fsp3) is 0.286. The van der Waals surface area contributed by atoms with Crippen molar-refractivity contribution in [2.24, 2.45) is 0 Å². The van der Waals surface area contributed by atoms with Crippen LogP contribution in [0.25, 0.3) is 0 Å². The van der Waals surface area contributed by atoms with E-state index in [1.807, 2.05) is 24.3 Å². The van der Waals surface area contributed by atoms with Gasteiger partial charge in [0.05, 0.1) is 11.8 Å². The van der Waals surface area contributed by atoms with Gasteiger partial charge in [0.15, 0.2) is 0 Å². The Morgan fingerprint density at radius 2 is 2.06 bits per heavy atom. The van der Waals surface area contributed by atoms with Crippen LogP contribution >= 0.6 is 0 Å². The van der Waals surface area contributed by atoms with Gasteiger partial charge in [0.2, 0.25) is 0 Å². The second kappa shape index (κ2) is 4.54. The van der Waals surface area contributed by atoms with Crippen LogP contribution in [0.1, 0.15) is 18.0 Å². The van der Waals surface area contributed by atoms with E-state index in [9.17, 15) is 5.11 Å². The average Bonchev–Trinajstić information content (AvgIpc) is 2.92. The molecular weight excluding hydrogens is 198 g/mol. The minimum Gasteiger partial charge on any atom is -0.513 e. The van der Waals surface area contributed by atoms with Gasteiger partial charge in [0.25, 0.3) is 0 Å². The molecule has 1 unspecified atom stereocenters. The second-order valence-corrected chi connectivity index (χ2v) is 4.18. The molecule has 1 aliphatic heterocycles. The maximum absolute atomic E-state index is 9.27. The molecule has 0 spiro atoms. The molecule has 1 fully saturated rings. The first-order valence-electron chi connectivity index (χ1n) is 5.52. The van der Waals surface area contributed by atoms with Crippen LogP contribution in [0.15, 0.2) is 55.3 Å². The summed E-state index contributed by atoms with van der Waals surface area (Å²) in [6.45, 7) is 8.18. The molecule has 2 nitrogen and oxygen atoms in total. The number of benzene rings is 1. The van der Waals surface area contributed by atoms with Crippen LogP contribution < -0.4 is 0 Å². The van der Waals surface area contributed by atoms with Crippen LogP contribution in [0, 0.1) is 0 Å². The zero-order valence-corrected chi connectivity index (χ0v) is 9.34. The third kappa shape index (κ3) is 2.17. The first-order valence-corrected chi connectivity index (χ1v) is 5.52. The molecule has 16 heavy (non-hydrogen) atoms. The van der Waals surface area contributed by atoms with Gasteiger partial charge in [-0.1, -0.05) is 43.0 Å². The van der Waals surface area contributed by atoms with Gasteiger partial charge in [-0.05, 0) is 5.56 Å². The van der Waals surface area contributed by atoms with Crippen LogP contribution in [0.4, 0.5) is 0 Å². The van der Waals surface area contributed by atoms with Gasteiger partial charge < -0.3 is 5.11 Å². The number of rotatable bonds is 5. The molecule has 1 saturated heterocycles. The molecule has 2 rings (SSSR count). The lowest BCUT2D eigenvalue weighted by atomic mass is 10.1. The summed E-state index contributed by atoms with van der Waals surface area (Å²) in [4.78, 5) is 2.31. The summed E-state index contributed by atoms with van der Waals surface area (Å²) in [5.74, 6) is 0.262. The predicted molar refractivity (Wildman–Crippen MR) is 66.3 cm³/mol. The van der Waals surface area contributed by atoms with Crippen molar-refractivity contribution in [2.45, 2.75) is 18.5 Å². The van der Waals surface area contributed by atoms with Gasteiger partial charge >= 0.3 is 0 Å². The van der Waals surface area contributed by atoms with E-state index in [4.69, 9.17) is 0 Å². The minimum atomic E-state index is 0.262. The Kier molecular flexibility index (Phi) is 3.11. The molecule has 1 aromatic carbocycles. The van der Waals surface area contributed by atoms with Gasteiger partial charge in [0, 0.05) is 19.0 Å². The van der Waals surface area contributed by atoms with Crippen molar-refractivity contribution >= 4 is 0 Å². The van der Waals surface area contributed by atoms with E-state index in [2.05, 4.69) is 30.2 Å². The number of nitrogens with zero attached hydrogens (tertiary/aromatic N) is 1. The summed E-state index contributed by atoms with van der Waals surface area (Å²) in [7, 11) is 0. The van der Waals surface area contributed by atoms with Crippen molar-refractivity contribution in [2.75, 3.05) is 6.54 Å². The Labute approximate surface area is 96.5 Å². The summed E-state index contributed by atoms with van der Waals surface area (Å²) in [6, 6.07) is 11.1. The molecule has 3 atom stereocenters. The van der Waals surface area contributed by atoms with E-state index in [0.29, 0.717) is 18.5 Å². The smallest absolute Gasteiger partial charge is 0.0867 e. The molecule has 1 heterocycles. The summed E-state index contributed by atoms with van der Waals surface area (Å²) >= 11 is 0. The lowest BCUT2D eigenvalue weighted by Gasteiger charge is -1.98. The maximum atomic E-state index is 9.27. The van der Waals surface area contributed by atoms with Crippen molar-refractivity contribution in [1.29, 1.82) is 0 Å². The van der Waals surface area contributed by atoms with E-state index in [-0.39, 0.29) is 5.76 Å². The van der Waals surface area contributed by atoms with Crippen molar-refractivity contribution < 1.29 is 5.11 Å². The topological polar surface area (TPSA) is 23.2 Å². The Hall–Kier alpha value is -1.54. The number of aliphatic hydroxyl groups excluding tert-OH is 1. The van der Waals surface area contributed by atoms with E-state index in [1.165, 1.54) is 5.56 Å². The van der Waals surface area contributed by atoms with Crippen molar-refractivity contribution in [1.82, 2.24) is 4.90 Å². The summed E-state index contributed by atoms with van der Waals surface area (Å²) in [6.07, 6.45) is 2.55. The monoisotopic (exact) mass is 215 g/mol. The summed E-state index contributed by atoms with van der Waals surface area (Å²) < 4.78 is 0. The van der Waals surface area contributed by atoms with Gasteiger partial charge in [-0.15, -0.1) is 6.58 Å². The Balaban J connectivity index is 2.09. The molecule has 1 aliphatic rings. The molecule has 2 heteroatoms. The highest BCUT2D eigenvalue weighted by atomic mass is 16.3. The quantitative estimate of drug-likeness (QED) is 0.463. The maximum Gasteiger partial charge on any atom is 0.0867 e. The van der Waals surface area contributed by atoms with Crippen molar-refractivity contribution in [3.8, 4) is 0 Å². The highest BCUT2D eigenvalue weighted by molar-refractivity contribution is 5.28. The third-order valence-corrected chi connectivity index (χ3v) is 2.98. The standard InChI is InChI=1S/C14H17NO/c1-3-9-15-13(10-11(2)16)14(15)12-7-5-4-6-8-12/h3-8,13-14,16H,1-2,9-10H2/t13-,14+,15?/m1/s1. The van der Waals surface area contributed by atoms with Crippen LogP contribution in [-0.4, -0.2) is 22.6 Å². The Morgan fingerprint density at radius 3 is 2.62 bits per heavy atom. The SMILES string of the molecule is C=CCN1[C@H](CC(=C)O)[C@@H]1c1ccccc1. The molecule has 0 radical (unpaired) electrons. The molecule has 1 N–H and O–H groups in total. The van der Waals surface area contributed by atoms with Crippen LogP contribution in [0.5, 0.6) is 0 Å². The van der Waals surface area contributed by atoms with Crippen LogP contribution in [0.3, 0.4) is 0 Å². The largest absolute Gasteiger partial charge is 0.513 e. The molecule has 84 valence electrons. The third-order valence-electron chi connectivity index (χ3n) is 2.98. The Bertz CT molecular complexity index is 385. The minimum absolute atomic E-state index is 0.262. The number of hydrogen-bond acceptors (Lipinski definition) is 2. The number of aliphatic hydroxyl groups is 1. The van der Waals surface area contributed by atoms with E-state index >= 15 is 0 Å². The van der Waals surface area contributed by atoms with Gasteiger partial charge in [0.1, 0.15) is 0 Å². The molecule has 0 saturated carbocycles. The van der Waals surface area contributed by atoms with Crippen molar-refractivity contribution in [3.63, 3.8) is 0 Å². The second-order valence-electron chi connectivity index (χ2n) is 4.18. The fourth-order valence-electron chi connectivity index (χ4n) is 2.26. The molecule has 0 aliphatic carbocycles. The van der Waals surface area contributed by atoms with E-state index in [1.54, 1.807) is 0 Å². The lowest BCUT2D eigenvalue weighted by Crippen LogP contribution is -2.01. The average molecular weight is 215 g/mol. The summed E-state index contributed by atoms with van der Waals surface area (Å²) in [5.41, 5.74) is 1.30. The number of hydrogen-bond donors (Lipinski definition) is 1. The van der Waals surface area contributed by atoms with E-state index < -0.39 is 0 Å². The van der Waals surface area contributed by atoms with Gasteiger partial charge in [-0.2, -0.15) is 0 Å². The highest BCUT2D eigenvalue weighted by Crippen LogP contribution is 2.45. The Morgan fingerprint density at radius 1 is 1.38 bits per heavy atom. The predicted octanol–water partition coefficient (Wildman–Crippen LogP) is 3.06. The fourth-order valence-corrected chi connectivity index (χ4v) is 2.26. The van der Waals surface area contributed by atoms with Crippen LogP contribution in [0.2, 0.25) is 0 Å². The molecule has 1 aromatic rings. The molecule has 0 bridgehead atoms. The zero-order chi connectivity index (χ0) is 11.5. The van der Waals surface area contributed by atoms with Crippen molar-refractivity contribution in [3.05, 3.63) is 60.9 Å². The zero-order valence-electron chi connectivity index (χ0n) is 9.34. The normalized spacial score (nSPS) is 27.4. The molecule has 0 amide bonds. The van der Waals surface area contributed by atoms with E-state index in [0.717, 1.165) is 6.54 Å².